The number of benzene rings is 1. The zero-order valence-corrected chi connectivity index (χ0v) is 10.2. The molecule has 0 saturated heterocycles. The van der Waals surface area contributed by atoms with Gasteiger partial charge in [0.2, 0.25) is 5.91 Å². The highest BCUT2D eigenvalue weighted by atomic mass is 19.4. The summed E-state index contributed by atoms with van der Waals surface area (Å²) in [6.07, 6.45) is -4.39. The predicted molar refractivity (Wildman–Crippen MR) is 62.6 cm³/mol. The molecule has 3 nitrogen and oxygen atoms in total. The van der Waals surface area contributed by atoms with Crippen LogP contribution >= 0.6 is 0 Å². The Labute approximate surface area is 103 Å². The fourth-order valence-electron chi connectivity index (χ4n) is 1.82. The second-order valence-electron chi connectivity index (χ2n) is 4.80. The molecule has 0 radical (unpaired) electrons. The molecule has 0 bridgehead atoms. The van der Waals surface area contributed by atoms with E-state index in [1.165, 1.54) is 6.07 Å². The van der Waals surface area contributed by atoms with Gasteiger partial charge in [-0.2, -0.15) is 13.2 Å². The first-order chi connectivity index (χ1) is 8.14. The Balaban J connectivity index is 2.54. The Bertz CT molecular complexity index is 509. The number of hydrogen-bond donors (Lipinski definition) is 1. The number of fused-ring (bicyclic) bond motifs is 1. The SMILES string of the molecule is CN1c2cc(C(F)(F)F)ccc2NC(=O)C1(C)C. The first-order valence-electron chi connectivity index (χ1n) is 5.40. The molecule has 98 valence electrons. The largest absolute Gasteiger partial charge is 0.416 e. The Kier molecular flexibility index (Phi) is 2.57. The van der Waals surface area contributed by atoms with Crippen LogP contribution in [-0.2, 0) is 11.0 Å². The smallest absolute Gasteiger partial charge is 0.359 e. The van der Waals surface area contributed by atoms with Crippen molar-refractivity contribution >= 4 is 17.3 Å². The third kappa shape index (κ3) is 1.81. The van der Waals surface area contributed by atoms with Gasteiger partial charge in [-0.1, -0.05) is 0 Å². The lowest BCUT2D eigenvalue weighted by Crippen LogP contribution is -2.54. The van der Waals surface area contributed by atoms with Crippen LogP contribution in [-0.4, -0.2) is 18.5 Å². The molecular weight excluding hydrogens is 245 g/mol. The third-order valence-electron chi connectivity index (χ3n) is 3.33. The minimum atomic E-state index is -4.39. The standard InChI is InChI=1S/C12H13F3N2O/c1-11(2)10(18)16-8-5-4-7(12(13,14)15)6-9(8)17(11)3/h4-6H,1-3H3,(H,16,18). The quantitative estimate of drug-likeness (QED) is 0.776. The van der Waals surface area contributed by atoms with Crippen LogP contribution in [0.5, 0.6) is 0 Å². The highest BCUT2D eigenvalue weighted by Crippen LogP contribution is 2.39. The average Bonchev–Trinajstić information content (AvgIpc) is 2.25. The number of nitrogens with one attached hydrogen (secondary N) is 1. The summed E-state index contributed by atoms with van der Waals surface area (Å²) in [5, 5.41) is 2.61. The van der Waals surface area contributed by atoms with E-state index in [1.807, 2.05) is 0 Å². The van der Waals surface area contributed by atoms with Crippen LogP contribution in [0.3, 0.4) is 0 Å². The summed E-state index contributed by atoms with van der Waals surface area (Å²) in [4.78, 5) is 13.3. The summed E-state index contributed by atoms with van der Waals surface area (Å²) in [7, 11) is 1.61. The second kappa shape index (κ2) is 3.63. The predicted octanol–water partition coefficient (Wildman–Crippen LogP) is 2.87. The molecule has 0 saturated carbocycles. The Morgan fingerprint density at radius 1 is 1.28 bits per heavy atom. The van der Waals surface area contributed by atoms with Gasteiger partial charge in [-0.05, 0) is 32.0 Å². The van der Waals surface area contributed by atoms with Crippen LogP contribution in [0.4, 0.5) is 24.5 Å². The lowest BCUT2D eigenvalue weighted by molar-refractivity contribution is -0.137. The number of nitrogens with zero attached hydrogens (tertiary/aromatic N) is 1. The summed E-state index contributed by atoms with van der Waals surface area (Å²) >= 11 is 0. The van der Waals surface area contributed by atoms with Crippen LogP contribution in [0, 0.1) is 0 Å². The van der Waals surface area contributed by atoms with E-state index in [-0.39, 0.29) is 5.91 Å². The number of anilines is 2. The number of alkyl halides is 3. The zero-order valence-electron chi connectivity index (χ0n) is 10.2. The molecule has 0 spiro atoms. The minimum absolute atomic E-state index is 0.239. The molecule has 0 aliphatic carbocycles. The number of hydrogen-bond acceptors (Lipinski definition) is 2. The lowest BCUT2D eigenvalue weighted by Gasteiger charge is -2.41. The van der Waals surface area contributed by atoms with Crippen molar-refractivity contribution in [1.29, 1.82) is 0 Å². The van der Waals surface area contributed by atoms with E-state index in [2.05, 4.69) is 5.32 Å². The molecule has 1 heterocycles. The van der Waals surface area contributed by atoms with Crippen molar-refractivity contribution < 1.29 is 18.0 Å². The van der Waals surface area contributed by atoms with Crippen LogP contribution in [0.1, 0.15) is 19.4 Å². The maximum Gasteiger partial charge on any atom is 0.416 e. The van der Waals surface area contributed by atoms with Crippen molar-refractivity contribution in [3.05, 3.63) is 23.8 Å². The van der Waals surface area contributed by atoms with Gasteiger partial charge in [-0.3, -0.25) is 4.79 Å². The van der Waals surface area contributed by atoms with Crippen molar-refractivity contribution in [3.63, 3.8) is 0 Å². The molecule has 0 fully saturated rings. The minimum Gasteiger partial charge on any atom is -0.359 e. The van der Waals surface area contributed by atoms with Gasteiger partial charge in [-0.25, -0.2) is 0 Å². The topological polar surface area (TPSA) is 32.3 Å². The molecule has 0 atom stereocenters. The summed E-state index contributed by atoms with van der Waals surface area (Å²) in [5.41, 5.74) is -0.832. The fraction of sp³-hybridized carbons (Fsp3) is 0.417. The van der Waals surface area contributed by atoms with Crippen molar-refractivity contribution in [3.8, 4) is 0 Å². The van der Waals surface area contributed by atoms with Gasteiger partial charge >= 0.3 is 6.18 Å². The number of halogens is 3. The van der Waals surface area contributed by atoms with Crippen LogP contribution in [0.2, 0.25) is 0 Å². The van der Waals surface area contributed by atoms with Gasteiger partial charge in [0.25, 0.3) is 0 Å². The maximum absolute atomic E-state index is 12.6. The van der Waals surface area contributed by atoms with E-state index in [0.29, 0.717) is 11.4 Å². The van der Waals surface area contributed by atoms with Gasteiger partial charge in [-0.15, -0.1) is 0 Å². The van der Waals surface area contributed by atoms with Gasteiger partial charge in [0.05, 0.1) is 16.9 Å². The van der Waals surface area contributed by atoms with Gasteiger partial charge < -0.3 is 10.2 Å². The highest BCUT2D eigenvalue weighted by Gasteiger charge is 2.39. The summed E-state index contributed by atoms with van der Waals surface area (Å²) in [6, 6.07) is 3.30. The van der Waals surface area contributed by atoms with Gasteiger partial charge in [0, 0.05) is 7.05 Å². The molecule has 1 N–H and O–H groups in total. The van der Waals surface area contributed by atoms with Crippen molar-refractivity contribution in [1.82, 2.24) is 0 Å². The maximum atomic E-state index is 12.6. The normalized spacial score (nSPS) is 18.3. The summed E-state index contributed by atoms with van der Waals surface area (Å²) in [5.74, 6) is -0.239. The Hall–Kier alpha value is -1.72. The van der Waals surface area contributed by atoms with Crippen molar-refractivity contribution in [2.45, 2.75) is 25.6 Å². The van der Waals surface area contributed by atoms with E-state index >= 15 is 0 Å². The Morgan fingerprint density at radius 3 is 2.44 bits per heavy atom. The molecule has 1 aliphatic heterocycles. The summed E-state index contributed by atoms with van der Waals surface area (Å²) < 4.78 is 37.9. The first-order valence-corrected chi connectivity index (χ1v) is 5.40. The average molecular weight is 258 g/mol. The fourth-order valence-corrected chi connectivity index (χ4v) is 1.82. The third-order valence-corrected chi connectivity index (χ3v) is 3.33. The number of likely N-dealkylation sites (N-methyl/N-ethyl adjacent to an activating group) is 1. The van der Waals surface area contributed by atoms with E-state index in [1.54, 1.807) is 25.8 Å². The molecule has 0 aromatic heterocycles. The van der Waals surface area contributed by atoms with E-state index < -0.39 is 17.3 Å². The van der Waals surface area contributed by atoms with Crippen LogP contribution < -0.4 is 10.2 Å². The highest BCUT2D eigenvalue weighted by molar-refractivity contribution is 6.06. The summed E-state index contributed by atoms with van der Waals surface area (Å²) in [6.45, 7) is 3.32. The molecule has 0 unspecified atom stereocenters. The number of amides is 1. The van der Waals surface area contributed by atoms with E-state index in [0.717, 1.165) is 12.1 Å². The Morgan fingerprint density at radius 2 is 1.89 bits per heavy atom. The molecule has 18 heavy (non-hydrogen) atoms. The molecule has 1 aromatic carbocycles. The van der Waals surface area contributed by atoms with E-state index in [4.69, 9.17) is 0 Å². The first kappa shape index (κ1) is 12.7. The van der Waals surface area contributed by atoms with E-state index in [9.17, 15) is 18.0 Å². The van der Waals surface area contributed by atoms with Crippen molar-refractivity contribution in [2.24, 2.45) is 0 Å². The molecule has 2 rings (SSSR count). The molecule has 1 amide bonds. The van der Waals surface area contributed by atoms with Gasteiger partial charge in [0.15, 0.2) is 0 Å². The van der Waals surface area contributed by atoms with Crippen LogP contribution in [0.15, 0.2) is 18.2 Å². The molecule has 6 heteroatoms. The molecule has 1 aromatic rings. The second-order valence-corrected chi connectivity index (χ2v) is 4.80. The monoisotopic (exact) mass is 258 g/mol. The lowest BCUT2D eigenvalue weighted by atomic mass is 9.96. The number of carbonyl (C=O) groups excluding carboxylic acids is 1. The zero-order chi connectivity index (χ0) is 13.7. The molecule has 1 aliphatic rings. The van der Waals surface area contributed by atoms with Crippen molar-refractivity contribution in [2.75, 3.05) is 17.3 Å². The van der Waals surface area contributed by atoms with Crippen LogP contribution in [0.25, 0.3) is 0 Å². The number of rotatable bonds is 0. The van der Waals surface area contributed by atoms with Gasteiger partial charge in [0.1, 0.15) is 5.54 Å². The molecular formula is C12H13F3N2O. The number of carbonyl (C=O) groups is 1.